The minimum Gasteiger partial charge on any atom is -0.496 e. The number of hydrogen-bond acceptors (Lipinski definition) is 4. The van der Waals surface area contributed by atoms with Crippen LogP contribution < -0.4 is 10.5 Å². The van der Waals surface area contributed by atoms with Gasteiger partial charge in [0.2, 0.25) is 0 Å². The maximum Gasteiger partial charge on any atom is 0.123 e. The molecule has 1 aliphatic carbocycles. The summed E-state index contributed by atoms with van der Waals surface area (Å²) >= 11 is 1.77. The quantitative estimate of drug-likeness (QED) is 0.852. The molecule has 0 saturated heterocycles. The van der Waals surface area contributed by atoms with E-state index < -0.39 is 0 Å². The highest BCUT2D eigenvalue weighted by Crippen LogP contribution is 2.31. The third kappa shape index (κ3) is 3.64. The van der Waals surface area contributed by atoms with Crippen LogP contribution in [0.2, 0.25) is 0 Å². The fourth-order valence-electron chi connectivity index (χ4n) is 2.70. The summed E-state index contributed by atoms with van der Waals surface area (Å²) in [5.74, 6) is 0.886. The van der Waals surface area contributed by atoms with Crippen molar-refractivity contribution in [3.05, 3.63) is 51.7 Å². The van der Waals surface area contributed by atoms with Crippen molar-refractivity contribution in [3.63, 3.8) is 0 Å². The van der Waals surface area contributed by atoms with Crippen molar-refractivity contribution in [2.75, 3.05) is 7.11 Å². The van der Waals surface area contributed by atoms with Gasteiger partial charge in [-0.15, -0.1) is 0 Å². The first-order valence-corrected chi connectivity index (χ1v) is 8.35. The van der Waals surface area contributed by atoms with Crippen LogP contribution in [0, 0.1) is 0 Å². The van der Waals surface area contributed by atoms with Crippen LogP contribution in [-0.2, 0) is 19.6 Å². The molecule has 1 aromatic heterocycles. The zero-order valence-electron chi connectivity index (χ0n) is 12.4. The number of rotatable bonds is 7. The Morgan fingerprint density at radius 1 is 1.24 bits per heavy atom. The Labute approximate surface area is 130 Å². The zero-order valence-corrected chi connectivity index (χ0v) is 13.2. The van der Waals surface area contributed by atoms with E-state index >= 15 is 0 Å². The van der Waals surface area contributed by atoms with Gasteiger partial charge < -0.3 is 10.5 Å². The summed E-state index contributed by atoms with van der Waals surface area (Å²) < 4.78 is 5.35. The van der Waals surface area contributed by atoms with E-state index in [9.17, 15) is 0 Å². The predicted molar refractivity (Wildman–Crippen MR) is 87.5 cm³/mol. The number of nitrogens with zero attached hydrogens (tertiary/aromatic N) is 1. The van der Waals surface area contributed by atoms with E-state index in [0.717, 1.165) is 30.4 Å². The Hall–Kier alpha value is -1.36. The van der Waals surface area contributed by atoms with E-state index in [1.807, 2.05) is 6.07 Å². The van der Waals surface area contributed by atoms with Gasteiger partial charge in [-0.3, -0.25) is 4.90 Å². The van der Waals surface area contributed by atoms with E-state index in [1.165, 1.54) is 24.0 Å². The Morgan fingerprint density at radius 3 is 2.67 bits per heavy atom. The van der Waals surface area contributed by atoms with Gasteiger partial charge >= 0.3 is 0 Å². The van der Waals surface area contributed by atoms with Crippen LogP contribution in [0.5, 0.6) is 5.75 Å². The molecule has 112 valence electrons. The van der Waals surface area contributed by atoms with Gasteiger partial charge in [0.05, 0.1) is 7.11 Å². The molecule has 0 unspecified atom stereocenters. The van der Waals surface area contributed by atoms with Gasteiger partial charge in [-0.25, -0.2) is 0 Å². The molecule has 2 aromatic rings. The van der Waals surface area contributed by atoms with Crippen LogP contribution >= 0.6 is 11.3 Å². The van der Waals surface area contributed by atoms with Crippen molar-refractivity contribution in [2.24, 2.45) is 5.73 Å². The minimum absolute atomic E-state index is 0.519. The molecule has 2 N–H and O–H groups in total. The van der Waals surface area contributed by atoms with Crippen LogP contribution in [0.1, 0.15) is 29.5 Å². The summed E-state index contributed by atoms with van der Waals surface area (Å²) in [6, 6.07) is 9.34. The first-order valence-electron chi connectivity index (χ1n) is 7.41. The molecule has 3 rings (SSSR count). The van der Waals surface area contributed by atoms with Crippen molar-refractivity contribution in [2.45, 2.75) is 38.5 Å². The minimum atomic E-state index is 0.519. The van der Waals surface area contributed by atoms with Crippen LogP contribution in [0.3, 0.4) is 0 Å². The summed E-state index contributed by atoms with van der Waals surface area (Å²) in [4.78, 5) is 2.57. The molecule has 0 radical (unpaired) electrons. The molecule has 1 aliphatic rings. The van der Waals surface area contributed by atoms with E-state index in [-0.39, 0.29) is 0 Å². The van der Waals surface area contributed by atoms with E-state index in [0.29, 0.717) is 6.54 Å². The Kier molecular flexibility index (Phi) is 4.58. The lowest BCUT2D eigenvalue weighted by atomic mass is 10.1. The largest absolute Gasteiger partial charge is 0.496 e. The van der Waals surface area contributed by atoms with Crippen molar-refractivity contribution in [1.82, 2.24) is 4.90 Å². The number of benzene rings is 1. The average Bonchev–Trinajstić information content (AvgIpc) is 3.24. The van der Waals surface area contributed by atoms with Crippen molar-refractivity contribution >= 4 is 11.3 Å². The van der Waals surface area contributed by atoms with Crippen LogP contribution in [-0.4, -0.2) is 18.1 Å². The molecule has 1 fully saturated rings. The van der Waals surface area contributed by atoms with E-state index in [2.05, 4.69) is 33.9 Å². The molecule has 0 aliphatic heterocycles. The van der Waals surface area contributed by atoms with Crippen molar-refractivity contribution in [3.8, 4) is 5.75 Å². The molecule has 0 atom stereocenters. The van der Waals surface area contributed by atoms with Gasteiger partial charge in [-0.1, -0.05) is 6.07 Å². The molecule has 1 saturated carbocycles. The lowest BCUT2D eigenvalue weighted by Crippen LogP contribution is -2.24. The maximum atomic E-state index is 5.82. The molecule has 4 heteroatoms. The normalized spacial score (nSPS) is 14.6. The Balaban J connectivity index is 1.73. The number of ether oxygens (including phenoxy) is 1. The SMILES string of the molecule is COc1ccc(CN(Cc2ccsc2)C2CC2)cc1CN. The molecule has 0 spiro atoms. The van der Waals surface area contributed by atoms with E-state index in [4.69, 9.17) is 10.5 Å². The molecule has 3 nitrogen and oxygen atoms in total. The number of thiophene rings is 1. The van der Waals surface area contributed by atoms with Gasteiger partial charge in [0.15, 0.2) is 0 Å². The van der Waals surface area contributed by atoms with Gasteiger partial charge in [0, 0.05) is 31.2 Å². The van der Waals surface area contributed by atoms with Gasteiger partial charge in [-0.05, 0) is 52.9 Å². The first-order chi connectivity index (χ1) is 10.3. The van der Waals surface area contributed by atoms with Crippen LogP contribution in [0.25, 0.3) is 0 Å². The Morgan fingerprint density at radius 2 is 2.05 bits per heavy atom. The Bertz CT molecular complexity index is 578. The molecular formula is C17H22N2OS. The summed E-state index contributed by atoms with van der Waals surface area (Å²) in [7, 11) is 1.70. The molecule has 0 bridgehead atoms. The second kappa shape index (κ2) is 6.60. The van der Waals surface area contributed by atoms with E-state index in [1.54, 1.807) is 18.4 Å². The zero-order chi connectivity index (χ0) is 14.7. The van der Waals surface area contributed by atoms with Crippen molar-refractivity contribution in [1.29, 1.82) is 0 Å². The summed E-state index contributed by atoms with van der Waals surface area (Å²) in [5, 5.41) is 4.40. The first kappa shape index (κ1) is 14.6. The highest BCUT2D eigenvalue weighted by molar-refractivity contribution is 7.07. The monoisotopic (exact) mass is 302 g/mol. The highest BCUT2D eigenvalue weighted by Gasteiger charge is 2.29. The molecule has 0 amide bonds. The lowest BCUT2D eigenvalue weighted by Gasteiger charge is -2.22. The van der Waals surface area contributed by atoms with Gasteiger partial charge in [0.1, 0.15) is 5.75 Å². The maximum absolute atomic E-state index is 5.82. The molecule has 21 heavy (non-hydrogen) atoms. The second-order valence-electron chi connectivity index (χ2n) is 5.62. The second-order valence-corrected chi connectivity index (χ2v) is 6.40. The third-order valence-corrected chi connectivity index (χ3v) is 4.71. The summed E-state index contributed by atoms with van der Waals surface area (Å²) in [6.45, 7) is 2.54. The topological polar surface area (TPSA) is 38.5 Å². The number of nitrogens with two attached hydrogens (primary N) is 1. The highest BCUT2D eigenvalue weighted by atomic mass is 32.1. The third-order valence-electron chi connectivity index (χ3n) is 3.98. The standard InChI is InChI=1S/C17H22N2OS/c1-20-17-5-2-13(8-15(17)9-18)10-19(16-3-4-16)11-14-6-7-21-12-14/h2,5-8,12,16H,3-4,9-11,18H2,1H3. The lowest BCUT2D eigenvalue weighted by molar-refractivity contribution is 0.246. The average molecular weight is 302 g/mol. The fourth-order valence-corrected chi connectivity index (χ4v) is 3.36. The summed E-state index contributed by atoms with van der Waals surface area (Å²) in [5.41, 5.74) is 9.63. The molecule has 1 aromatic carbocycles. The molecular weight excluding hydrogens is 280 g/mol. The van der Waals surface area contributed by atoms with Gasteiger partial charge in [-0.2, -0.15) is 11.3 Å². The number of methoxy groups -OCH3 is 1. The summed E-state index contributed by atoms with van der Waals surface area (Å²) in [6.07, 6.45) is 2.65. The fraction of sp³-hybridized carbons (Fsp3) is 0.412. The predicted octanol–water partition coefficient (Wildman–Crippen LogP) is 3.38. The van der Waals surface area contributed by atoms with Gasteiger partial charge in [0.25, 0.3) is 0 Å². The van der Waals surface area contributed by atoms with Crippen LogP contribution in [0.4, 0.5) is 0 Å². The smallest absolute Gasteiger partial charge is 0.123 e. The number of hydrogen-bond donors (Lipinski definition) is 1. The van der Waals surface area contributed by atoms with Crippen LogP contribution in [0.15, 0.2) is 35.0 Å². The molecule has 1 heterocycles. The van der Waals surface area contributed by atoms with Crippen molar-refractivity contribution < 1.29 is 4.74 Å².